The first kappa shape index (κ1) is 24.3. The van der Waals surface area contributed by atoms with Crippen LogP contribution in [-0.2, 0) is 16.0 Å². The molecule has 1 aromatic rings. The maximum atomic E-state index is 12.4. The molecule has 0 aromatic carbocycles. The van der Waals surface area contributed by atoms with Gasteiger partial charge in [-0.05, 0) is 43.0 Å². The number of hydrogen-bond donors (Lipinski definition) is 5. The minimum Gasteiger partial charge on any atom is -0.352 e. The monoisotopic (exact) mass is 425 g/mol. The Labute approximate surface area is 174 Å². The van der Waals surface area contributed by atoms with Gasteiger partial charge in [0.05, 0.1) is 0 Å². The highest BCUT2D eigenvalue weighted by molar-refractivity contribution is 7.09. The summed E-state index contributed by atoms with van der Waals surface area (Å²) in [4.78, 5) is 36.1. The molecular formula is C18H29N6O4S. The van der Waals surface area contributed by atoms with Gasteiger partial charge in [0, 0.05) is 24.4 Å². The van der Waals surface area contributed by atoms with Gasteiger partial charge >= 0.3 is 0 Å². The molecule has 0 unspecified atom stereocenters. The van der Waals surface area contributed by atoms with Gasteiger partial charge in [0.1, 0.15) is 6.04 Å². The van der Waals surface area contributed by atoms with Crippen LogP contribution in [0.5, 0.6) is 0 Å². The molecule has 0 spiro atoms. The minimum absolute atomic E-state index is 0.210. The van der Waals surface area contributed by atoms with Crippen molar-refractivity contribution in [3.05, 3.63) is 39.0 Å². The molecule has 5 N–H and O–H groups in total. The Morgan fingerprint density at radius 3 is 2.76 bits per heavy atom. The molecule has 1 rings (SSSR count). The van der Waals surface area contributed by atoms with E-state index in [9.17, 15) is 19.7 Å². The van der Waals surface area contributed by atoms with Crippen LogP contribution in [0.3, 0.4) is 0 Å². The second-order valence-electron chi connectivity index (χ2n) is 6.85. The van der Waals surface area contributed by atoms with E-state index in [1.807, 2.05) is 31.4 Å². The Morgan fingerprint density at radius 1 is 1.38 bits per heavy atom. The van der Waals surface area contributed by atoms with Gasteiger partial charge in [0.2, 0.25) is 11.8 Å². The van der Waals surface area contributed by atoms with E-state index in [-0.39, 0.29) is 24.8 Å². The van der Waals surface area contributed by atoms with Crippen molar-refractivity contribution < 1.29 is 14.6 Å². The zero-order valence-corrected chi connectivity index (χ0v) is 17.5. The Hall–Kier alpha value is -2.69. The summed E-state index contributed by atoms with van der Waals surface area (Å²) in [6.07, 6.45) is 2.40. The summed E-state index contributed by atoms with van der Waals surface area (Å²) in [7, 11) is 0. The van der Waals surface area contributed by atoms with Crippen molar-refractivity contribution in [3.8, 4) is 0 Å². The molecule has 29 heavy (non-hydrogen) atoms. The van der Waals surface area contributed by atoms with E-state index in [4.69, 9.17) is 5.41 Å². The van der Waals surface area contributed by atoms with Crippen LogP contribution >= 0.6 is 11.3 Å². The molecule has 0 bridgehead atoms. The van der Waals surface area contributed by atoms with E-state index < -0.39 is 17.0 Å². The number of nitro groups is 1. The number of rotatable bonds is 13. The average Bonchev–Trinajstić information content (AvgIpc) is 3.15. The predicted molar refractivity (Wildman–Crippen MR) is 112 cm³/mol. The molecule has 11 heteroatoms. The second kappa shape index (κ2) is 13.5. The highest BCUT2D eigenvalue weighted by Crippen LogP contribution is 2.11. The van der Waals surface area contributed by atoms with E-state index >= 15 is 0 Å². The molecule has 1 atom stereocenters. The van der Waals surface area contributed by atoms with E-state index in [1.165, 1.54) is 0 Å². The van der Waals surface area contributed by atoms with Crippen molar-refractivity contribution >= 4 is 29.1 Å². The predicted octanol–water partition coefficient (Wildman–Crippen LogP) is 1.58. The van der Waals surface area contributed by atoms with Crippen molar-refractivity contribution in [1.29, 1.82) is 5.41 Å². The zero-order valence-electron chi connectivity index (χ0n) is 16.7. The van der Waals surface area contributed by atoms with Crippen LogP contribution < -0.4 is 21.4 Å². The first-order valence-electron chi connectivity index (χ1n) is 9.45. The van der Waals surface area contributed by atoms with Crippen molar-refractivity contribution in [2.75, 3.05) is 6.54 Å². The molecule has 0 fully saturated rings. The summed E-state index contributed by atoms with van der Waals surface area (Å²) in [5, 5.41) is 26.8. The standard InChI is InChI=1S/C18H29N6O4S/c1-13(2)9-11-20-17(26)15(6-3-10-21-18(19)23-24(27)28)22-16(25)8-7-14-5-4-12-29-14/h4-5,11-13,15H,3,6-10H2,1-2H3,(H,20,26)(H,22,25)(H3,19,21,23)/t15-/m0/s1. The smallest absolute Gasteiger partial charge is 0.251 e. The number of hydrazine groups is 1. The van der Waals surface area contributed by atoms with E-state index in [2.05, 4.69) is 16.0 Å². The zero-order chi connectivity index (χ0) is 21.6. The third-order valence-electron chi connectivity index (χ3n) is 3.84. The fourth-order valence-electron chi connectivity index (χ4n) is 2.37. The molecule has 161 valence electrons. The number of nitrogens with one attached hydrogen (secondary N) is 5. The van der Waals surface area contributed by atoms with Gasteiger partial charge in [0.15, 0.2) is 5.03 Å². The number of carbonyl (C=O) groups excluding carboxylic acids is 2. The maximum absolute atomic E-state index is 12.4. The quantitative estimate of drug-likeness (QED) is 0.106. The number of carbonyl (C=O) groups is 2. The number of thiophene rings is 1. The fourth-order valence-corrected chi connectivity index (χ4v) is 3.08. The van der Waals surface area contributed by atoms with Crippen molar-refractivity contribution in [3.63, 3.8) is 0 Å². The first-order chi connectivity index (χ1) is 13.8. The van der Waals surface area contributed by atoms with Gasteiger partial charge in [-0.2, -0.15) is 0 Å². The van der Waals surface area contributed by atoms with Crippen LogP contribution in [0.15, 0.2) is 17.5 Å². The molecule has 2 amide bonds. The normalized spacial score (nSPS) is 11.6. The maximum Gasteiger partial charge on any atom is 0.251 e. The Balaban J connectivity index is 2.48. The number of nitrogens with zero attached hydrogens (tertiary/aromatic N) is 1. The number of hydrogen-bond acceptors (Lipinski definition) is 6. The van der Waals surface area contributed by atoms with Crippen LogP contribution in [0, 0.1) is 28.0 Å². The van der Waals surface area contributed by atoms with Crippen LogP contribution in [0.25, 0.3) is 0 Å². The van der Waals surface area contributed by atoms with E-state index in [0.717, 1.165) is 11.3 Å². The van der Waals surface area contributed by atoms with Gasteiger partial charge in [0.25, 0.3) is 5.96 Å². The number of amides is 2. The number of aryl methyl sites for hydroxylation is 1. The fraction of sp³-hybridized carbons (Fsp3) is 0.556. The molecule has 0 aliphatic rings. The summed E-state index contributed by atoms with van der Waals surface area (Å²) in [5.41, 5.74) is 1.70. The summed E-state index contributed by atoms with van der Waals surface area (Å²) < 4.78 is 0. The van der Waals surface area contributed by atoms with Crippen LogP contribution in [-0.4, -0.2) is 35.4 Å². The van der Waals surface area contributed by atoms with Crippen LogP contribution in [0.2, 0.25) is 0 Å². The summed E-state index contributed by atoms with van der Waals surface area (Å²) in [6.45, 7) is 6.01. The van der Waals surface area contributed by atoms with Gasteiger partial charge in [-0.15, -0.1) is 11.3 Å². The summed E-state index contributed by atoms with van der Waals surface area (Å²) in [6, 6.07) is 3.17. The molecule has 1 heterocycles. The average molecular weight is 426 g/mol. The molecule has 10 nitrogen and oxygen atoms in total. The lowest BCUT2D eigenvalue weighted by Crippen LogP contribution is -2.47. The lowest BCUT2D eigenvalue weighted by molar-refractivity contribution is -0.525. The second-order valence-corrected chi connectivity index (χ2v) is 7.89. The van der Waals surface area contributed by atoms with E-state index in [0.29, 0.717) is 25.2 Å². The highest BCUT2D eigenvalue weighted by Gasteiger charge is 2.20. The molecule has 0 saturated carbocycles. The highest BCUT2D eigenvalue weighted by atomic mass is 32.1. The minimum atomic E-state index is -0.829. The van der Waals surface area contributed by atoms with Crippen molar-refractivity contribution in [2.45, 2.75) is 52.0 Å². The molecule has 0 aliphatic carbocycles. The topological polar surface area (TPSA) is 149 Å². The molecule has 0 saturated heterocycles. The third-order valence-corrected chi connectivity index (χ3v) is 4.77. The Kier molecular flexibility index (Phi) is 11.3. The van der Waals surface area contributed by atoms with Gasteiger partial charge in [-0.3, -0.25) is 15.0 Å². The summed E-state index contributed by atoms with van der Waals surface area (Å²) in [5.74, 6) is -0.536. The van der Waals surface area contributed by atoms with Crippen LogP contribution in [0.4, 0.5) is 0 Å². The lowest BCUT2D eigenvalue weighted by Gasteiger charge is -2.19. The third kappa shape index (κ3) is 11.7. The van der Waals surface area contributed by atoms with Crippen molar-refractivity contribution in [1.82, 2.24) is 21.4 Å². The van der Waals surface area contributed by atoms with Crippen LogP contribution in [0.1, 0.15) is 44.4 Å². The lowest BCUT2D eigenvalue weighted by atomic mass is 10.1. The first-order valence-corrected chi connectivity index (χ1v) is 10.3. The van der Waals surface area contributed by atoms with Gasteiger partial charge < -0.3 is 16.0 Å². The Morgan fingerprint density at radius 2 is 2.14 bits per heavy atom. The molecular weight excluding hydrogens is 396 g/mol. The van der Waals surface area contributed by atoms with Gasteiger partial charge in [-0.1, -0.05) is 25.3 Å². The van der Waals surface area contributed by atoms with Crippen molar-refractivity contribution in [2.24, 2.45) is 5.92 Å². The Bertz CT molecular complexity index is 665. The summed E-state index contributed by atoms with van der Waals surface area (Å²) >= 11 is 1.58. The molecule has 1 aromatic heterocycles. The van der Waals surface area contributed by atoms with E-state index in [1.54, 1.807) is 23.3 Å². The van der Waals surface area contributed by atoms with Gasteiger partial charge in [-0.25, -0.2) is 10.1 Å². The molecule has 1 radical (unpaired) electrons. The molecule has 0 aliphatic heterocycles. The number of guanidine groups is 1. The largest absolute Gasteiger partial charge is 0.352 e. The SMILES string of the molecule is CC(C)C[CH]NC(=O)[C@H](CCCNC(=N)N[N+](=O)[O-])NC(=O)CCc1cccs1.